The zero-order valence-corrected chi connectivity index (χ0v) is 14.4. The number of carbonyl (C=O) groups is 1. The Bertz CT molecular complexity index is 770. The lowest BCUT2D eigenvalue weighted by atomic mass is 10.1. The predicted molar refractivity (Wildman–Crippen MR) is 96.9 cm³/mol. The van der Waals surface area contributed by atoms with Crippen molar-refractivity contribution in [2.24, 2.45) is 0 Å². The molecule has 1 aliphatic rings. The highest BCUT2D eigenvalue weighted by atomic mass is 16.5. The van der Waals surface area contributed by atoms with Gasteiger partial charge in [-0.1, -0.05) is 18.2 Å². The van der Waals surface area contributed by atoms with Crippen LogP contribution in [0.2, 0.25) is 0 Å². The number of nitrogens with zero attached hydrogens (tertiary/aromatic N) is 2. The highest BCUT2D eigenvalue weighted by Gasteiger charge is 2.23. The Morgan fingerprint density at radius 3 is 2.76 bits per heavy atom. The summed E-state index contributed by atoms with van der Waals surface area (Å²) in [5.41, 5.74) is 1.72. The van der Waals surface area contributed by atoms with Gasteiger partial charge in [-0.25, -0.2) is 4.79 Å². The van der Waals surface area contributed by atoms with Gasteiger partial charge in [-0.15, -0.1) is 0 Å². The van der Waals surface area contributed by atoms with Gasteiger partial charge in [0.2, 0.25) is 0 Å². The van der Waals surface area contributed by atoms with E-state index >= 15 is 0 Å². The maximum atomic E-state index is 12.4. The minimum atomic E-state index is -0.103. The van der Waals surface area contributed by atoms with Crippen LogP contribution in [-0.4, -0.2) is 41.8 Å². The van der Waals surface area contributed by atoms with Gasteiger partial charge in [-0.2, -0.15) is 0 Å². The van der Waals surface area contributed by atoms with Crippen molar-refractivity contribution in [1.29, 1.82) is 0 Å². The molecule has 6 nitrogen and oxygen atoms in total. The maximum absolute atomic E-state index is 12.4. The Morgan fingerprint density at radius 1 is 1.24 bits per heavy atom. The fourth-order valence-electron chi connectivity index (χ4n) is 3.00. The van der Waals surface area contributed by atoms with Crippen LogP contribution >= 0.6 is 0 Å². The molecule has 1 saturated heterocycles. The summed E-state index contributed by atoms with van der Waals surface area (Å²) in [5.74, 6) is 0. The summed E-state index contributed by atoms with van der Waals surface area (Å²) in [6.45, 7) is 1.88. The lowest BCUT2D eigenvalue weighted by Gasteiger charge is -2.31. The van der Waals surface area contributed by atoms with Gasteiger partial charge in [0.1, 0.15) is 0 Å². The van der Waals surface area contributed by atoms with E-state index in [0.29, 0.717) is 13.1 Å². The third-order valence-electron chi connectivity index (χ3n) is 4.46. The second-order valence-corrected chi connectivity index (χ2v) is 6.24. The third-order valence-corrected chi connectivity index (χ3v) is 4.46. The molecular weight excluding hydrogens is 318 g/mol. The number of aromatic nitrogens is 1. The predicted octanol–water partition coefficient (Wildman–Crippen LogP) is 2.54. The van der Waals surface area contributed by atoms with Gasteiger partial charge >= 0.3 is 6.03 Å². The normalized spacial score (nSPS) is 17.3. The first-order valence-electron chi connectivity index (χ1n) is 8.49. The Kier molecular flexibility index (Phi) is 5.50. The minimum absolute atomic E-state index is 0.0299. The average Bonchev–Trinajstić information content (AvgIpc) is 2.65. The number of rotatable bonds is 4. The summed E-state index contributed by atoms with van der Waals surface area (Å²) in [6, 6.07) is 12.6. The molecule has 3 rings (SSSR count). The molecule has 132 valence electrons. The van der Waals surface area contributed by atoms with Gasteiger partial charge < -0.3 is 19.5 Å². The van der Waals surface area contributed by atoms with Crippen LogP contribution in [0.4, 0.5) is 10.5 Å². The SMILES string of the molecule is COC1CCCN(C(=O)Nc2ccc(Cn3ccccc3=O)cc2)C1. The molecule has 1 aromatic heterocycles. The van der Waals surface area contributed by atoms with Crippen LogP contribution in [0.15, 0.2) is 53.5 Å². The number of anilines is 1. The number of hydrogen-bond donors (Lipinski definition) is 1. The van der Waals surface area contributed by atoms with E-state index in [4.69, 9.17) is 4.74 Å². The van der Waals surface area contributed by atoms with Crippen LogP contribution < -0.4 is 10.9 Å². The van der Waals surface area contributed by atoms with Crippen molar-refractivity contribution < 1.29 is 9.53 Å². The molecule has 2 heterocycles. The van der Waals surface area contributed by atoms with Gasteiger partial charge in [-0.05, 0) is 36.6 Å². The summed E-state index contributed by atoms with van der Waals surface area (Å²) in [5, 5.41) is 2.92. The molecule has 1 atom stereocenters. The number of carbonyl (C=O) groups excluding carboxylic acids is 1. The number of benzene rings is 1. The van der Waals surface area contributed by atoms with E-state index in [1.807, 2.05) is 30.3 Å². The third kappa shape index (κ3) is 4.48. The summed E-state index contributed by atoms with van der Waals surface area (Å²) in [6.07, 6.45) is 3.83. The van der Waals surface area contributed by atoms with E-state index in [2.05, 4.69) is 5.32 Å². The fraction of sp³-hybridized carbons (Fsp3) is 0.368. The highest BCUT2D eigenvalue weighted by molar-refractivity contribution is 5.89. The molecule has 0 spiro atoms. The summed E-state index contributed by atoms with van der Waals surface area (Å²) < 4.78 is 7.00. The molecule has 0 radical (unpaired) electrons. The maximum Gasteiger partial charge on any atom is 0.321 e. The molecule has 0 bridgehead atoms. The molecule has 1 aromatic carbocycles. The van der Waals surface area contributed by atoms with Crippen molar-refractivity contribution in [3.05, 3.63) is 64.6 Å². The van der Waals surface area contributed by atoms with Crippen molar-refractivity contribution in [3.8, 4) is 0 Å². The largest absolute Gasteiger partial charge is 0.380 e. The second-order valence-electron chi connectivity index (χ2n) is 6.24. The minimum Gasteiger partial charge on any atom is -0.380 e. The number of pyridine rings is 1. The Balaban J connectivity index is 1.60. The summed E-state index contributed by atoms with van der Waals surface area (Å²) >= 11 is 0. The average molecular weight is 341 g/mol. The number of amides is 2. The van der Waals surface area contributed by atoms with Crippen molar-refractivity contribution in [2.75, 3.05) is 25.5 Å². The second kappa shape index (κ2) is 7.98. The van der Waals surface area contributed by atoms with Crippen molar-refractivity contribution >= 4 is 11.7 Å². The molecule has 0 saturated carbocycles. The number of urea groups is 1. The molecule has 1 unspecified atom stereocenters. The fourth-order valence-corrected chi connectivity index (χ4v) is 3.00. The van der Waals surface area contributed by atoms with E-state index in [1.165, 1.54) is 0 Å². The Labute approximate surface area is 147 Å². The summed E-state index contributed by atoms with van der Waals surface area (Å²) in [7, 11) is 1.68. The highest BCUT2D eigenvalue weighted by Crippen LogP contribution is 2.15. The topological polar surface area (TPSA) is 63.6 Å². The molecule has 2 aromatic rings. The number of methoxy groups -OCH3 is 1. The van der Waals surface area contributed by atoms with Crippen LogP contribution in [0.1, 0.15) is 18.4 Å². The lowest BCUT2D eigenvalue weighted by Crippen LogP contribution is -2.44. The molecule has 1 fully saturated rings. The molecule has 1 aliphatic heterocycles. The van der Waals surface area contributed by atoms with Gasteiger partial charge in [0.15, 0.2) is 0 Å². The van der Waals surface area contributed by atoms with Crippen LogP contribution in [0.5, 0.6) is 0 Å². The first-order valence-corrected chi connectivity index (χ1v) is 8.49. The number of ether oxygens (including phenoxy) is 1. The summed E-state index contributed by atoms with van der Waals surface area (Å²) in [4.78, 5) is 25.9. The van der Waals surface area contributed by atoms with E-state index in [0.717, 1.165) is 30.6 Å². The lowest BCUT2D eigenvalue weighted by molar-refractivity contribution is 0.0458. The van der Waals surface area contributed by atoms with Crippen LogP contribution in [-0.2, 0) is 11.3 Å². The first kappa shape index (κ1) is 17.2. The molecule has 0 aliphatic carbocycles. The molecule has 25 heavy (non-hydrogen) atoms. The van der Waals surface area contributed by atoms with E-state index < -0.39 is 0 Å². The van der Waals surface area contributed by atoms with E-state index in [9.17, 15) is 9.59 Å². The van der Waals surface area contributed by atoms with Crippen LogP contribution in [0.3, 0.4) is 0 Å². The van der Waals surface area contributed by atoms with E-state index in [-0.39, 0.29) is 17.7 Å². The van der Waals surface area contributed by atoms with Crippen molar-refractivity contribution in [3.63, 3.8) is 0 Å². The van der Waals surface area contributed by atoms with Crippen LogP contribution in [0, 0.1) is 0 Å². The Morgan fingerprint density at radius 2 is 2.04 bits per heavy atom. The Hall–Kier alpha value is -2.60. The van der Waals surface area contributed by atoms with E-state index in [1.54, 1.807) is 34.9 Å². The number of likely N-dealkylation sites (tertiary alicyclic amines) is 1. The monoisotopic (exact) mass is 341 g/mol. The van der Waals surface area contributed by atoms with Gasteiger partial charge in [0.25, 0.3) is 5.56 Å². The van der Waals surface area contributed by atoms with Gasteiger partial charge in [-0.3, -0.25) is 4.79 Å². The zero-order chi connectivity index (χ0) is 17.6. The smallest absolute Gasteiger partial charge is 0.321 e. The number of piperidine rings is 1. The quantitative estimate of drug-likeness (QED) is 0.929. The first-order chi connectivity index (χ1) is 12.2. The molecule has 1 N–H and O–H groups in total. The van der Waals surface area contributed by atoms with Crippen LogP contribution in [0.25, 0.3) is 0 Å². The standard InChI is InChI=1S/C19H23N3O3/c1-25-17-5-4-12-22(14-17)19(24)20-16-9-7-15(8-10-16)13-21-11-3-2-6-18(21)23/h2-3,6-11,17H,4-5,12-14H2,1H3,(H,20,24). The number of hydrogen-bond acceptors (Lipinski definition) is 3. The zero-order valence-electron chi connectivity index (χ0n) is 14.4. The molecule has 6 heteroatoms. The molecule has 2 amide bonds. The van der Waals surface area contributed by atoms with Crippen molar-refractivity contribution in [2.45, 2.75) is 25.5 Å². The number of nitrogens with one attached hydrogen (secondary N) is 1. The van der Waals surface area contributed by atoms with Crippen molar-refractivity contribution in [1.82, 2.24) is 9.47 Å². The molecular formula is C19H23N3O3. The van der Waals surface area contributed by atoms with Gasteiger partial charge in [0.05, 0.1) is 12.6 Å². The van der Waals surface area contributed by atoms with Gasteiger partial charge in [0, 0.05) is 38.1 Å².